The van der Waals surface area contributed by atoms with E-state index in [4.69, 9.17) is 4.74 Å². The van der Waals surface area contributed by atoms with E-state index in [0.29, 0.717) is 0 Å². The second-order valence-corrected chi connectivity index (χ2v) is 13.3. The summed E-state index contributed by atoms with van der Waals surface area (Å²) in [5, 5.41) is 0. The van der Waals surface area contributed by atoms with E-state index >= 15 is 0 Å². The molecule has 2 aliphatic rings. The number of ether oxygens (including phenoxy) is 1. The number of unbranched alkanes of at least 4 members (excludes halogenated alkanes) is 18. The smallest absolute Gasteiger partial charge is 0.130 e. The lowest BCUT2D eigenvalue weighted by Crippen LogP contribution is -2.16. The van der Waals surface area contributed by atoms with Gasteiger partial charge in [-0.3, -0.25) is 0 Å². The van der Waals surface area contributed by atoms with Gasteiger partial charge < -0.3 is 4.74 Å². The molecule has 0 N–H and O–H groups in total. The van der Waals surface area contributed by atoms with E-state index in [1.807, 2.05) is 0 Å². The maximum absolute atomic E-state index is 6.62. The molecule has 2 aliphatic carbocycles. The second kappa shape index (κ2) is 18.7. The van der Waals surface area contributed by atoms with Gasteiger partial charge in [0, 0.05) is 0 Å². The summed E-state index contributed by atoms with van der Waals surface area (Å²) >= 11 is 0. The van der Waals surface area contributed by atoms with Gasteiger partial charge in [0.15, 0.2) is 0 Å². The Morgan fingerprint density at radius 1 is 0.390 bits per heavy atom. The van der Waals surface area contributed by atoms with Crippen LogP contribution in [0.4, 0.5) is 0 Å². The fourth-order valence-corrected chi connectivity index (χ4v) is 7.14. The van der Waals surface area contributed by atoms with Crippen molar-refractivity contribution >= 4 is 0 Å². The Hall–Kier alpha value is -1.76. The van der Waals surface area contributed by atoms with E-state index in [1.54, 1.807) is 22.3 Å². The number of aryl methyl sites for hydroxylation is 2. The maximum atomic E-state index is 6.62. The highest BCUT2D eigenvalue weighted by atomic mass is 16.5. The molecule has 2 aromatic carbocycles. The molecule has 0 unspecified atom stereocenters. The summed E-state index contributed by atoms with van der Waals surface area (Å²) in [5.74, 6) is 2.27. The maximum Gasteiger partial charge on any atom is 0.130 e. The van der Waals surface area contributed by atoms with E-state index in [9.17, 15) is 0 Å². The molecule has 4 rings (SSSR count). The molecule has 0 amide bonds. The van der Waals surface area contributed by atoms with Gasteiger partial charge in [0.05, 0.1) is 0 Å². The van der Waals surface area contributed by atoms with Crippen molar-refractivity contribution in [2.45, 2.75) is 181 Å². The van der Waals surface area contributed by atoms with Crippen molar-refractivity contribution in [3.8, 4) is 11.5 Å². The highest BCUT2D eigenvalue weighted by Gasteiger charge is 2.25. The topological polar surface area (TPSA) is 9.23 Å². The zero-order valence-corrected chi connectivity index (χ0v) is 27.1. The fraction of sp³-hybridized carbons (Fsp3) is 0.700. The van der Waals surface area contributed by atoms with Crippen molar-refractivity contribution in [1.29, 1.82) is 0 Å². The average Bonchev–Trinajstić information content (AvgIpc) is 2.93. The van der Waals surface area contributed by atoms with Crippen LogP contribution in [-0.2, 0) is 38.5 Å². The summed E-state index contributed by atoms with van der Waals surface area (Å²) in [5.41, 5.74) is 9.40. The molecule has 2 aromatic rings. The van der Waals surface area contributed by atoms with Crippen LogP contribution in [0.15, 0.2) is 24.3 Å². The van der Waals surface area contributed by atoms with E-state index < -0.39 is 0 Å². The quantitative estimate of drug-likeness (QED) is 0.116. The van der Waals surface area contributed by atoms with Gasteiger partial charge in [-0.05, 0) is 96.9 Å². The first-order valence-electron chi connectivity index (χ1n) is 18.3. The van der Waals surface area contributed by atoms with Gasteiger partial charge in [-0.15, -0.1) is 0 Å². The Morgan fingerprint density at radius 3 is 1.02 bits per heavy atom. The predicted octanol–water partition coefficient (Wildman–Crippen LogP) is 12.6. The molecule has 0 spiro atoms. The standard InChI is InChI=1S/C40H62O/c1-3-5-7-9-11-13-15-17-19-21-23-33-25-31-39(37-29-27-35(33)37)41-40-32-26-34(36-28-30-38(36)40)24-22-20-18-16-14-12-10-8-6-4-2/h25-26,31-32H,3-24,27-30H2,1-2H3. The summed E-state index contributed by atoms with van der Waals surface area (Å²) in [6.07, 6.45) is 35.6. The van der Waals surface area contributed by atoms with Crippen LogP contribution >= 0.6 is 0 Å². The van der Waals surface area contributed by atoms with Crippen molar-refractivity contribution in [1.82, 2.24) is 0 Å². The number of rotatable bonds is 24. The van der Waals surface area contributed by atoms with E-state index in [-0.39, 0.29) is 0 Å². The minimum absolute atomic E-state index is 1.13. The Morgan fingerprint density at radius 2 is 0.707 bits per heavy atom. The highest BCUT2D eigenvalue weighted by Crippen LogP contribution is 2.42. The summed E-state index contributed by atoms with van der Waals surface area (Å²) < 4.78 is 6.62. The second-order valence-electron chi connectivity index (χ2n) is 13.3. The lowest BCUT2D eigenvalue weighted by atomic mass is 9.81. The molecule has 0 aliphatic heterocycles. The monoisotopic (exact) mass is 558 g/mol. The molecule has 0 fully saturated rings. The lowest BCUT2D eigenvalue weighted by molar-refractivity contribution is 0.457. The first-order valence-corrected chi connectivity index (χ1v) is 18.3. The van der Waals surface area contributed by atoms with Gasteiger partial charge in [0.25, 0.3) is 0 Å². The molecular formula is C40H62O. The third-order valence-electron chi connectivity index (χ3n) is 10.0. The fourth-order valence-electron chi connectivity index (χ4n) is 7.14. The van der Waals surface area contributed by atoms with Crippen LogP contribution in [0, 0.1) is 0 Å². The molecule has 1 heteroatoms. The molecule has 0 saturated heterocycles. The van der Waals surface area contributed by atoms with E-state index in [1.165, 1.54) is 178 Å². The SMILES string of the molecule is CCCCCCCCCCCCc1ccc(Oc2ccc(CCCCCCCCCCCC)c3c2CC3)c2c1CC2. The first kappa shape index (κ1) is 32.2. The molecule has 1 nitrogen and oxygen atoms in total. The zero-order valence-electron chi connectivity index (χ0n) is 27.1. The molecule has 228 valence electrons. The summed E-state index contributed by atoms with van der Waals surface area (Å²) in [6, 6.07) is 9.33. The molecule has 0 atom stereocenters. The molecule has 0 saturated carbocycles. The molecule has 0 radical (unpaired) electrons. The third kappa shape index (κ3) is 10.2. The van der Waals surface area contributed by atoms with Crippen molar-refractivity contribution in [2.24, 2.45) is 0 Å². The molecule has 41 heavy (non-hydrogen) atoms. The van der Waals surface area contributed by atoms with Gasteiger partial charge in [-0.25, -0.2) is 0 Å². The summed E-state index contributed by atoms with van der Waals surface area (Å²) in [4.78, 5) is 0. The first-order chi connectivity index (χ1) is 20.3. The zero-order chi connectivity index (χ0) is 28.5. The Balaban J connectivity index is 1.15. The molecule has 0 aromatic heterocycles. The number of hydrogen-bond acceptors (Lipinski definition) is 1. The van der Waals surface area contributed by atoms with Gasteiger partial charge in [-0.2, -0.15) is 0 Å². The number of fused-ring (bicyclic) bond motifs is 2. The Bertz CT molecular complexity index is 936. The van der Waals surface area contributed by atoms with Crippen LogP contribution in [0.2, 0.25) is 0 Å². The van der Waals surface area contributed by atoms with Crippen molar-refractivity contribution in [3.63, 3.8) is 0 Å². The van der Waals surface area contributed by atoms with Crippen LogP contribution in [0.1, 0.15) is 176 Å². The van der Waals surface area contributed by atoms with Crippen molar-refractivity contribution < 1.29 is 4.74 Å². The average molecular weight is 559 g/mol. The largest absolute Gasteiger partial charge is 0.457 e. The minimum atomic E-state index is 1.13. The van der Waals surface area contributed by atoms with E-state index in [2.05, 4.69) is 38.1 Å². The molecular weight excluding hydrogens is 496 g/mol. The summed E-state index contributed by atoms with van der Waals surface area (Å²) in [7, 11) is 0. The van der Waals surface area contributed by atoms with Gasteiger partial charge in [-0.1, -0.05) is 142 Å². The predicted molar refractivity (Wildman–Crippen MR) is 179 cm³/mol. The van der Waals surface area contributed by atoms with Crippen LogP contribution in [0.5, 0.6) is 11.5 Å². The Kier molecular flexibility index (Phi) is 14.7. The molecule has 0 bridgehead atoms. The van der Waals surface area contributed by atoms with Crippen molar-refractivity contribution in [3.05, 3.63) is 57.6 Å². The molecule has 0 heterocycles. The minimum Gasteiger partial charge on any atom is -0.457 e. The van der Waals surface area contributed by atoms with Crippen LogP contribution in [0.25, 0.3) is 0 Å². The lowest BCUT2D eigenvalue weighted by Gasteiger charge is -2.29. The normalized spacial score (nSPS) is 13.4. The van der Waals surface area contributed by atoms with Crippen LogP contribution < -0.4 is 4.74 Å². The Labute approximate surface area is 254 Å². The van der Waals surface area contributed by atoms with Gasteiger partial charge in [0.2, 0.25) is 0 Å². The van der Waals surface area contributed by atoms with E-state index in [0.717, 1.165) is 11.5 Å². The number of benzene rings is 2. The summed E-state index contributed by atoms with van der Waals surface area (Å²) in [6.45, 7) is 4.60. The van der Waals surface area contributed by atoms with Crippen molar-refractivity contribution in [2.75, 3.05) is 0 Å². The number of hydrogen-bond donors (Lipinski definition) is 0. The third-order valence-corrected chi connectivity index (χ3v) is 10.0. The highest BCUT2D eigenvalue weighted by molar-refractivity contribution is 5.56. The van der Waals surface area contributed by atoms with Crippen LogP contribution in [0.3, 0.4) is 0 Å². The van der Waals surface area contributed by atoms with Gasteiger partial charge in [0.1, 0.15) is 11.5 Å². The van der Waals surface area contributed by atoms with Gasteiger partial charge >= 0.3 is 0 Å². The van der Waals surface area contributed by atoms with Crippen LogP contribution in [-0.4, -0.2) is 0 Å².